The third-order valence-electron chi connectivity index (χ3n) is 5.14. The molecule has 136 valence electrons. The van der Waals surface area contributed by atoms with Crippen molar-refractivity contribution in [3.8, 4) is 6.07 Å². The summed E-state index contributed by atoms with van der Waals surface area (Å²) in [4.78, 5) is 17.9. The van der Waals surface area contributed by atoms with E-state index in [4.69, 9.17) is 9.15 Å². The van der Waals surface area contributed by atoms with Gasteiger partial charge in [0.2, 0.25) is 5.89 Å². The van der Waals surface area contributed by atoms with Gasteiger partial charge < -0.3 is 9.15 Å². The summed E-state index contributed by atoms with van der Waals surface area (Å²) in [5, 5.41) is 9.75. The molecule has 0 N–H and O–H groups in total. The smallest absolute Gasteiger partial charge is 0.220 e. The number of rotatable bonds is 4. The first-order chi connectivity index (χ1) is 13.1. The summed E-state index contributed by atoms with van der Waals surface area (Å²) in [6.45, 7) is 0.738. The van der Waals surface area contributed by atoms with E-state index in [2.05, 4.69) is 4.98 Å². The van der Waals surface area contributed by atoms with Crippen LogP contribution in [0.25, 0.3) is 11.1 Å². The van der Waals surface area contributed by atoms with E-state index in [-0.39, 0.29) is 11.7 Å². The van der Waals surface area contributed by atoms with Gasteiger partial charge in [0, 0.05) is 13.2 Å². The van der Waals surface area contributed by atoms with Crippen LogP contribution in [0.4, 0.5) is 4.39 Å². The number of ketones is 1. The monoisotopic (exact) mass is 364 g/mol. The van der Waals surface area contributed by atoms with E-state index in [0.717, 1.165) is 0 Å². The van der Waals surface area contributed by atoms with Crippen LogP contribution in [0.1, 0.15) is 30.2 Å². The van der Waals surface area contributed by atoms with Gasteiger partial charge in [0.05, 0.1) is 11.5 Å². The second kappa shape index (κ2) is 6.93. The lowest BCUT2D eigenvalue weighted by atomic mass is 9.68. The highest BCUT2D eigenvalue weighted by Gasteiger charge is 2.46. The zero-order valence-corrected chi connectivity index (χ0v) is 14.5. The highest BCUT2D eigenvalue weighted by Crippen LogP contribution is 2.40. The van der Waals surface area contributed by atoms with Crippen LogP contribution < -0.4 is 0 Å². The molecule has 0 spiro atoms. The Balaban J connectivity index is 1.79. The fourth-order valence-electron chi connectivity index (χ4n) is 3.70. The Bertz CT molecular complexity index is 998. The Hall–Kier alpha value is -3.04. The second-order valence-electron chi connectivity index (χ2n) is 6.65. The van der Waals surface area contributed by atoms with Gasteiger partial charge in [-0.3, -0.25) is 4.79 Å². The first-order valence-electron chi connectivity index (χ1n) is 8.77. The van der Waals surface area contributed by atoms with Gasteiger partial charge in [0.1, 0.15) is 11.3 Å². The van der Waals surface area contributed by atoms with Crippen LogP contribution in [0, 0.1) is 17.1 Å². The van der Waals surface area contributed by atoms with Gasteiger partial charge >= 0.3 is 0 Å². The fraction of sp³-hybridized carbons (Fsp3) is 0.286. The zero-order valence-electron chi connectivity index (χ0n) is 14.5. The standard InChI is InChI=1S/C21H17FN2O3/c22-15-5-3-4-14(12-15)21(8-10-26-11-9-21)19(25)16(13-23)20-24-17-6-1-2-7-18(17)27-20/h1-7,12,16H,8-11H2/t16-/m0/s1. The highest BCUT2D eigenvalue weighted by atomic mass is 19.1. The van der Waals surface area contributed by atoms with Crippen LogP contribution in [-0.2, 0) is 14.9 Å². The van der Waals surface area contributed by atoms with Gasteiger partial charge in [0.25, 0.3) is 0 Å². The number of halogens is 1. The van der Waals surface area contributed by atoms with Gasteiger partial charge in [-0.15, -0.1) is 0 Å². The summed E-state index contributed by atoms with van der Waals surface area (Å²) < 4.78 is 25.0. The fourth-order valence-corrected chi connectivity index (χ4v) is 3.70. The molecule has 0 aliphatic carbocycles. The van der Waals surface area contributed by atoms with Crippen LogP contribution in [0.3, 0.4) is 0 Å². The number of Topliss-reactive ketones (excluding diaryl/α,β-unsaturated/α-hetero) is 1. The maximum absolute atomic E-state index is 13.9. The van der Waals surface area contributed by atoms with Crippen molar-refractivity contribution in [3.05, 3.63) is 65.8 Å². The molecule has 2 aromatic carbocycles. The third kappa shape index (κ3) is 3.00. The number of carbonyl (C=O) groups is 1. The van der Waals surface area contributed by atoms with Crippen LogP contribution in [0.5, 0.6) is 0 Å². The average molecular weight is 364 g/mol. The molecule has 1 aliphatic heterocycles. The van der Waals surface area contributed by atoms with E-state index >= 15 is 0 Å². The Morgan fingerprint density at radius 1 is 1.19 bits per heavy atom. The molecule has 6 heteroatoms. The molecule has 1 aliphatic rings. The third-order valence-corrected chi connectivity index (χ3v) is 5.14. The number of fused-ring (bicyclic) bond motifs is 1. The van der Waals surface area contributed by atoms with Crippen molar-refractivity contribution in [1.29, 1.82) is 5.26 Å². The lowest BCUT2D eigenvalue weighted by Crippen LogP contribution is -2.44. The number of nitriles is 1. The maximum atomic E-state index is 13.9. The van der Waals surface area contributed by atoms with Gasteiger partial charge in [-0.2, -0.15) is 5.26 Å². The topological polar surface area (TPSA) is 76.1 Å². The molecular weight excluding hydrogens is 347 g/mol. The summed E-state index contributed by atoms with van der Waals surface area (Å²) in [7, 11) is 0. The van der Waals surface area contributed by atoms with E-state index in [9.17, 15) is 14.4 Å². The quantitative estimate of drug-likeness (QED) is 0.702. The van der Waals surface area contributed by atoms with Gasteiger partial charge in [-0.1, -0.05) is 24.3 Å². The molecule has 5 nitrogen and oxygen atoms in total. The number of para-hydroxylation sites is 2. The van der Waals surface area contributed by atoms with Gasteiger partial charge in [0.15, 0.2) is 17.3 Å². The number of benzene rings is 2. The van der Waals surface area contributed by atoms with Crippen LogP contribution in [-0.4, -0.2) is 24.0 Å². The second-order valence-corrected chi connectivity index (χ2v) is 6.65. The van der Waals surface area contributed by atoms with Gasteiger partial charge in [-0.05, 0) is 42.7 Å². The van der Waals surface area contributed by atoms with Crippen LogP contribution in [0.2, 0.25) is 0 Å². The van der Waals surface area contributed by atoms with E-state index in [1.807, 2.05) is 12.1 Å². The molecule has 2 heterocycles. The number of oxazole rings is 1. The van der Waals surface area contributed by atoms with E-state index < -0.39 is 17.2 Å². The molecule has 1 fully saturated rings. The normalized spacial score (nSPS) is 17.3. The van der Waals surface area contributed by atoms with Crippen molar-refractivity contribution >= 4 is 16.9 Å². The number of carbonyl (C=O) groups excluding carboxylic acids is 1. The number of aromatic nitrogens is 1. The van der Waals surface area contributed by atoms with Crippen LogP contribution in [0.15, 0.2) is 52.9 Å². The zero-order chi connectivity index (χ0) is 18.9. The number of hydrogen-bond donors (Lipinski definition) is 0. The maximum Gasteiger partial charge on any atom is 0.220 e. The molecule has 0 bridgehead atoms. The molecule has 0 amide bonds. The Morgan fingerprint density at radius 3 is 2.67 bits per heavy atom. The van der Waals surface area contributed by atoms with E-state index in [0.29, 0.717) is 42.7 Å². The Kier molecular flexibility index (Phi) is 4.46. The Morgan fingerprint density at radius 2 is 1.96 bits per heavy atom. The lowest BCUT2D eigenvalue weighted by Gasteiger charge is -2.37. The molecule has 4 rings (SSSR count). The molecule has 3 aromatic rings. The molecule has 0 saturated carbocycles. The van der Waals surface area contributed by atoms with Crippen molar-refractivity contribution in [2.45, 2.75) is 24.2 Å². The summed E-state index contributed by atoms with van der Waals surface area (Å²) >= 11 is 0. The first kappa shape index (κ1) is 17.4. The molecule has 1 atom stereocenters. The molecule has 1 aromatic heterocycles. The molecular formula is C21H17FN2O3. The van der Waals surface area contributed by atoms with Crippen LogP contribution >= 0.6 is 0 Å². The predicted octanol–water partition coefficient (Wildman–Crippen LogP) is 3.89. The van der Waals surface area contributed by atoms with Crippen molar-refractivity contribution in [2.75, 3.05) is 13.2 Å². The minimum Gasteiger partial charge on any atom is -0.439 e. The van der Waals surface area contributed by atoms with Crippen molar-refractivity contribution in [3.63, 3.8) is 0 Å². The summed E-state index contributed by atoms with van der Waals surface area (Å²) in [6, 6.07) is 15.2. The largest absolute Gasteiger partial charge is 0.439 e. The van der Waals surface area contributed by atoms with E-state index in [1.165, 1.54) is 12.1 Å². The van der Waals surface area contributed by atoms with Crippen molar-refractivity contribution in [2.24, 2.45) is 0 Å². The Labute approximate surface area is 155 Å². The van der Waals surface area contributed by atoms with Crippen molar-refractivity contribution < 1.29 is 18.3 Å². The number of nitrogens with zero attached hydrogens (tertiary/aromatic N) is 2. The molecule has 1 saturated heterocycles. The number of ether oxygens (including phenoxy) is 1. The summed E-state index contributed by atoms with van der Waals surface area (Å²) in [5.74, 6) is -1.84. The molecule has 0 radical (unpaired) electrons. The van der Waals surface area contributed by atoms with E-state index in [1.54, 1.807) is 30.3 Å². The van der Waals surface area contributed by atoms with Crippen molar-refractivity contribution in [1.82, 2.24) is 4.98 Å². The minimum absolute atomic E-state index is 0.0750. The highest BCUT2D eigenvalue weighted by molar-refractivity contribution is 5.97. The predicted molar refractivity (Wildman–Crippen MR) is 95.5 cm³/mol. The summed E-state index contributed by atoms with van der Waals surface area (Å²) in [6.07, 6.45) is 0.765. The average Bonchev–Trinajstić information content (AvgIpc) is 3.12. The summed E-state index contributed by atoms with van der Waals surface area (Å²) in [5.41, 5.74) is 0.674. The number of hydrogen-bond acceptors (Lipinski definition) is 5. The molecule has 0 unspecified atom stereocenters. The van der Waals surface area contributed by atoms with Gasteiger partial charge in [-0.25, -0.2) is 9.37 Å². The molecule has 27 heavy (non-hydrogen) atoms. The minimum atomic E-state index is -1.17. The first-order valence-corrected chi connectivity index (χ1v) is 8.77. The SMILES string of the molecule is N#C[C@@H](C(=O)C1(c2cccc(F)c2)CCOCC1)c1nc2ccccc2o1. The lowest BCUT2D eigenvalue weighted by molar-refractivity contribution is -0.129.